The van der Waals surface area contributed by atoms with Gasteiger partial charge in [0.1, 0.15) is 0 Å². The molecule has 2 N–H and O–H groups in total. The normalized spacial score (nSPS) is 22.2. The van der Waals surface area contributed by atoms with Crippen molar-refractivity contribution in [2.24, 2.45) is 11.3 Å². The first kappa shape index (κ1) is 21.0. The van der Waals surface area contributed by atoms with Crippen molar-refractivity contribution < 1.29 is 17.6 Å². The van der Waals surface area contributed by atoms with Gasteiger partial charge in [-0.3, -0.25) is 4.79 Å². The van der Waals surface area contributed by atoms with Gasteiger partial charge in [0, 0.05) is 11.6 Å². The summed E-state index contributed by atoms with van der Waals surface area (Å²) in [6.07, 6.45) is 4.29. The number of hydrogen-bond donors (Lipinski definition) is 2. The molecule has 6 nitrogen and oxygen atoms in total. The maximum Gasteiger partial charge on any atom is 0.287 e. The Hall–Kier alpha value is -1.34. The van der Waals surface area contributed by atoms with Gasteiger partial charge in [-0.15, -0.1) is 0 Å². The molecular weight excluding hydrogens is 352 g/mol. The highest BCUT2D eigenvalue weighted by atomic mass is 32.2. The number of amides is 1. The lowest BCUT2D eigenvalue weighted by atomic mass is 9.69. The molecule has 2 rings (SSSR count). The van der Waals surface area contributed by atoms with E-state index in [1.807, 2.05) is 0 Å². The van der Waals surface area contributed by atoms with Crippen molar-refractivity contribution in [3.05, 3.63) is 17.9 Å². The molecular formula is C19H32N2O4S. The van der Waals surface area contributed by atoms with Crippen LogP contribution < -0.4 is 10.0 Å². The van der Waals surface area contributed by atoms with E-state index in [9.17, 15) is 13.2 Å². The van der Waals surface area contributed by atoms with Crippen LogP contribution in [0.2, 0.25) is 0 Å². The summed E-state index contributed by atoms with van der Waals surface area (Å²) in [4.78, 5) is 12.6. The zero-order valence-corrected chi connectivity index (χ0v) is 17.5. The maximum atomic E-state index is 12.6. The van der Waals surface area contributed by atoms with E-state index in [-0.39, 0.29) is 28.2 Å². The molecule has 0 bridgehead atoms. The quantitative estimate of drug-likeness (QED) is 0.828. The lowest BCUT2D eigenvalue weighted by Crippen LogP contribution is -2.46. The van der Waals surface area contributed by atoms with Crippen molar-refractivity contribution in [2.75, 3.05) is 0 Å². The average Bonchev–Trinajstić information content (AvgIpc) is 2.95. The Labute approximate surface area is 157 Å². The number of rotatable bonds is 4. The molecule has 0 aliphatic heterocycles. The van der Waals surface area contributed by atoms with Gasteiger partial charge in [-0.1, -0.05) is 33.6 Å². The average molecular weight is 385 g/mol. The zero-order chi connectivity index (χ0) is 19.8. The molecule has 1 aliphatic carbocycles. The van der Waals surface area contributed by atoms with Crippen molar-refractivity contribution in [2.45, 2.75) is 83.9 Å². The Balaban J connectivity index is 2.12. The van der Waals surface area contributed by atoms with Crippen LogP contribution in [0.5, 0.6) is 0 Å². The number of sulfonamides is 1. The molecule has 148 valence electrons. The van der Waals surface area contributed by atoms with Crippen LogP contribution in [0.4, 0.5) is 0 Å². The highest BCUT2D eigenvalue weighted by Gasteiger charge is 2.35. The Morgan fingerprint density at radius 3 is 2.27 bits per heavy atom. The van der Waals surface area contributed by atoms with Gasteiger partial charge in [-0.05, 0) is 57.1 Å². The van der Waals surface area contributed by atoms with Gasteiger partial charge in [-0.25, -0.2) is 13.1 Å². The topological polar surface area (TPSA) is 88.4 Å². The van der Waals surface area contributed by atoms with Crippen LogP contribution in [0, 0.1) is 11.3 Å². The Kier molecular flexibility index (Phi) is 5.93. The largest absolute Gasteiger partial charge is 0.438 e. The zero-order valence-electron chi connectivity index (χ0n) is 16.7. The van der Waals surface area contributed by atoms with Crippen molar-refractivity contribution in [1.82, 2.24) is 10.0 Å². The summed E-state index contributed by atoms with van der Waals surface area (Å²) in [7, 11) is -3.79. The van der Waals surface area contributed by atoms with Gasteiger partial charge in [0.2, 0.25) is 5.09 Å². The summed E-state index contributed by atoms with van der Waals surface area (Å²) in [5.74, 6) is 0.0572. The number of furan rings is 1. The van der Waals surface area contributed by atoms with Gasteiger partial charge >= 0.3 is 0 Å². The molecule has 1 aromatic rings. The SMILES string of the molecule is CC(C)(C)NS(=O)(=O)c1ccc(C(=O)NC2CCCCC2C(C)(C)C)o1. The van der Waals surface area contributed by atoms with E-state index in [1.165, 1.54) is 18.6 Å². The molecule has 1 aromatic heterocycles. The van der Waals surface area contributed by atoms with Crippen LogP contribution in [-0.4, -0.2) is 25.9 Å². The predicted molar refractivity (Wildman–Crippen MR) is 101 cm³/mol. The number of carbonyl (C=O) groups is 1. The third-order valence-electron chi connectivity index (χ3n) is 4.71. The molecule has 26 heavy (non-hydrogen) atoms. The van der Waals surface area contributed by atoms with E-state index >= 15 is 0 Å². The minimum absolute atomic E-state index is 0.0255. The summed E-state index contributed by atoms with van der Waals surface area (Å²) in [5.41, 5.74) is -0.525. The molecule has 2 atom stereocenters. The first-order chi connectivity index (χ1) is 11.8. The number of nitrogens with one attached hydrogen (secondary N) is 2. The maximum absolute atomic E-state index is 12.6. The number of hydrogen-bond acceptors (Lipinski definition) is 4. The summed E-state index contributed by atoms with van der Waals surface area (Å²) in [6, 6.07) is 2.82. The van der Waals surface area contributed by atoms with E-state index in [1.54, 1.807) is 20.8 Å². The van der Waals surface area contributed by atoms with Crippen LogP contribution in [0.3, 0.4) is 0 Å². The number of carbonyl (C=O) groups excluding carboxylic acids is 1. The first-order valence-electron chi connectivity index (χ1n) is 9.24. The first-order valence-corrected chi connectivity index (χ1v) is 10.7. The second-order valence-corrected chi connectivity index (χ2v) is 10.9. The summed E-state index contributed by atoms with van der Waals surface area (Å²) in [6.45, 7) is 11.8. The van der Waals surface area contributed by atoms with Gasteiger partial charge < -0.3 is 9.73 Å². The van der Waals surface area contributed by atoms with Crippen LogP contribution >= 0.6 is 0 Å². The molecule has 1 saturated carbocycles. The molecule has 1 heterocycles. The highest BCUT2D eigenvalue weighted by molar-refractivity contribution is 7.89. The van der Waals surface area contributed by atoms with Gasteiger partial charge in [0.15, 0.2) is 5.76 Å². The third-order valence-corrected chi connectivity index (χ3v) is 6.34. The van der Waals surface area contributed by atoms with Crippen molar-refractivity contribution in [3.8, 4) is 0 Å². The molecule has 2 unspecified atom stereocenters. The fourth-order valence-corrected chi connectivity index (χ4v) is 4.97. The van der Waals surface area contributed by atoms with E-state index in [0.29, 0.717) is 5.92 Å². The summed E-state index contributed by atoms with van der Waals surface area (Å²) in [5, 5.41) is 2.81. The minimum atomic E-state index is -3.79. The van der Waals surface area contributed by atoms with E-state index < -0.39 is 15.6 Å². The molecule has 0 spiro atoms. The molecule has 0 aromatic carbocycles. The highest BCUT2D eigenvalue weighted by Crippen LogP contribution is 2.38. The minimum Gasteiger partial charge on any atom is -0.438 e. The van der Waals surface area contributed by atoms with Crippen molar-refractivity contribution in [1.29, 1.82) is 0 Å². The Morgan fingerprint density at radius 2 is 1.69 bits per heavy atom. The van der Waals surface area contributed by atoms with Crippen LogP contribution in [0.1, 0.15) is 77.8 Å². The van der Waals surface area contributed by atoms with Crippen LogP contribution in [0.15, 0.2) is 21.6 Å². The van der Waals surface area contributed by atoms with E-state index in [0.717, 1.165) is 19.3 Å². The Bertz CT molecular complexity index is 738. The third kappa shape index (κ3) is 5.33. The second kappa shape index (κ2) is 7.35. The molecule has 0 saturated heterocycles. The van der Waals surface area contributed by atoms with Gasteiger partial charge in [-0.2, -0.15) is 0 Å². The van der Waals surface area contributed by atoms with Crippen molar-refractivity contribution in [3.63, 3.8) is 0 Å². The smallest absolute Gasteiger partial charge is 0.287 e. The Morgan fingerprint density at radius 1 is 1.08 bits per heavy atom. The van der Waals surface area contributed by atoms with Crippen LogP contribution in [0.25, 0.3) is 0 Å². The van der Waals surface area contributed by atoms with E-state index in [2.05, 4.69) is 30.8 Å². The molecule has 7 heteroatoms. The fourth-order valence-electron chi connectivity index (χ4n) is 3.62. The molecule has 1 aliphatic rings. The fraction of sp³-hybridized carbons (Fsp3) is 0.737. The summed E-state index contributed by atoms with van der Waals surface area (Å²) >= 11 is 0. The van der Waals surface area contributed by atoms with Gasteiger partial charge in [0.05, 0.1) is 0 Å². The lowest BCUT2D eigenvalue weighted by Gasteiger charge is -2.40. The van der Waals surface area contributed by atoms with Crippen molar-refractivity contribution >= 4 is 15.9 Å². The van der Waals surface area contributed by atoms with Gasteiger partial charge in [0.25, 0.3) is 15.9 Å². The second-order valence-electron chi connectivity index (χ2n) is 9.31. The van der Waals surface area contributed by atoms with Crippen LogP contribution in [-0.2, 0) is 10.0 Å². The molecule has 1 fully saturated rings. The molecule has 1 amide bonds. The predicted octanol–water partition coefficient (Wildman–Crippen LogP) is 3.69. The van der Waals surface area contributed by atoms with E-state index in [4.69, 9.17) is 4.42 Å². The lowest BCUT2D eigenvalue weighted by molar-refractivity contribution is 0.0799. The summed E-state index contributed by atoms with van der Waals surface area (Å²) < 4.78 is 32.5. The monoisotopic (exact) mass is 384 g/mol. The molecule has 0 radical (unpaired) electrons. The standard InChI is InChI=1S/C19H32N2O4S/c1-18(2,3)13-9-7-8-10-14(13)20-17(22)15-11-12-16(25-15)26(23,24)21-19(4,5)6/h11-14,21H,7-10H2,1-6H3,(H,20,22).